The Kier molecular flexibility index (Phi) is 4.20. The van der Waals surface area contributed by atoms with Gasteiger partial charge >= 0.3 is 0 Å². The molecule has 6 heteroatoms. The molecule has 2 aromatic carbocycles. The smallest absolute Gasteiger partial charge is 0.138 e. The van der Waals surface area contributed by atoms with E-state index >= 15 is 0 Å². The molecule has 27 heavy (non-hydrogen) atoms. The van der Waals surface area contributed by atoms with Gasteiger partial charge in [-0.2, -0.15) is 0 Å². The molecule has 5 rings (SSSR count). The first kappa shape index (κ1) is 17.2. The number of aliphatic hydroxyl groups excluding tert-OH is 1. The van der Waals surface area contributed by atoms with Crippen molar-refractivity contribution in [3.63, 3.8) is 0 Å². The molecule has 1 unspecified atom stereocenters. The molecule has 3 heterocycles. The summed E-state index contributed by atoms with van der Waals surface area (Å²) >= 11 is 8.08. The molecule has 0 saturated carbocycles. The van der Waals surface area contributed by atoms with Crippen LogP contribution in [0.1, 0.15) is 28.0 Å². The van der Waals surface area contributed by atoms with Crippen molar-refractivity contribution >= 4 is 44.1 Å². The van der Waals surface area contributed by atoms with E-state index < -0.39 is 6.10 Å². The number of thiazole rings is 1. The van der Waals surface area contributed by atoms with Crippen LogP contribution >= 0.6 is 22.9 Å². The molecule has 0 saturated heterocycles. The molecule has 1 atom stereocenters. The zero-order valence-electron chi connectivity index (χ0n) is 14.9. The summed E-state index contributed by atoms with van der Waals surface area (Å²) < 4.78 is 7.25. The second kappa shape index (κ2) is 6.60. The Morgan fingerprint density at radius 1 is 1.26 bits per heavy atom. The summed E-state index contributed by atoms with van der Waals surface area (Å²) in [7, 11) is 2.09. The molecule has 0 spiro atoms. The number of aliphatic hydroxyl groups is 1. The fraction of sp³-hybridized carbons (Fsp3) is 0.286. The van der Waals surface area contributed by atoms with Crippen LogP contribution in [0, 0.1) is 0 Å². The average Bonchev–Trinajstić information content (AvgIpc) is 3.16. The molecule has 2 aromatic heterocycles. The molecule has 1 aliphatic heterocycles. The monoisotopic (exact) mass is 398 g/mol. The predicted octanol–water partition coefficient (Wildman–Crippen LogP) is 4.96. The van der Waals surface area contributed by atoms with E-state index in [2.05, 4.69) is 23.0 Å². The van der Waals surface area contributed by atoms with Crippen molar-refractivity contribution in [1.82, 2.24) is 9.88 Å². The molecule has 4 aromatic rings. The Labute approximate surface area is 166 Å². The normalized spacial score (nSPS) is 16.1. The molecule has 0 fully saturated rings. The van der Waals surface area contributed by atoms with E-state index in [0.29, 0.717) is 12.2 Å². The Morgan fingerprint density at radius 2 is 2.11 bits per heavy atom. The third kappa shape index (κ3) is 2.95. The summed E-state index contributed by atoms with van der Waals surface area (Å²) in [5.74, 6) is 0.640. The first-order valence-electron chi connectivity index (χ1n) is 9.04. The molecule has 1 N–H and O–H groups in total. The van der Waals surface area contributed by atoms with Crippen molar-refractivity contribution in [2.45, 2.75) is 25.5 Å². The highest BCUT2D eigenvalue weighted by atomic mass is 35.5. The SMILES string of the molecule is CN1CCc2c(Cl)ccc3oc(C(O)Cc4nc5ccccc5s4)c(c23)C1. The summed E-state index contributed by atoms with van der Waals surface area (Å²) in [6.07, 6.45) is 0.594. The van der Waals surface area contributed by atoms with E-state index in [1.54, 1.807) is 11.3 Å². The molecule has 138 valence electrons. The van der Waals surface area contributed by atoms with Crippen LogP contribution in [-0.4, -0.2) is 28.6 Å². The van der Waals surface area contributed by atoms with Gasteiger partial charge in [0.1, 0.15) is 17.4 Å². The predicted molar refractivity (Wildman–Crippen MR) is 110 cm³/mol. The van der Waals surface area contributed by atoms with Crippen molar-refractivity contribution in [2.24, 2.45) is 0 Å². The van der Waals surface area contributed by atoms with Crippen molar-refractivity contribution in [1.29, 1.82) is 0 Å². The highest BCUT2D eigenvalue weighted by Crippen LogP contribution is 2.39. The Hall–Kier alpha value is -1.92. The highest BCUT2D eigenvalue weighted by Gasteiger charge is 2.27. The lowest BCUT2D eigenvalue weighted by Gasteiger charge is -2.15. The molecule has 0 amide bonds. The Bertz CT molecular complexity index is 1120. The summed E-state index contributed by atoms with van der Waals surface area (Å²) in [5, 5.41) is 13.8. The third-order valence-electron chi connectivity index (χ3n) is 5.22. The topological polar surface area (TPSA) is 49.5 Å². The van der Waals surface area contributed by atoms with Gasteiger partial charge in [-0.05, 0) is 43.3 Å². The van der Waals surface area contributed by atoms with Crippen molar-refractivity contribution in [3.05, 3.63) is 63.3 Å². The molecule has 0 bridgehead atoms. The molecular weight excluding hydrogens is 380 g/mol. The maximum absolute atomic E-state index is 11.0. The van der Waals surface area contributed by atoms with Crippen LogP contribution in [-0.2, 0) is 19.4 Å². The van der Waals surface area contributed by atoms with Gasteiger partial charge in [-0.1, -0.05) is 23.7 Å². The van der Waals surface area contributed by atoms with Crippen LogP contribution < -0.4 is 0 Å². The number of rotatable bonds is 3. The maximum atomic E-state index is 11.0. The minimum absolute atomic E-state index is 0.443. The number of aromatic nitrogens is 1. The number of fused-ring (bicyclic) bond motifs is 1. The van der Waals surface area contributed by atoms with Crippen LogP contribution in [0.4, 0.5) is 0 Å². The molecule has 1 aliphatic rings. The van der Waals surface area contributed by atoms with Crippen LogP contribution in [0.2, 0.25) is 5.02 Å². The van der Waals surface area contributed by atoms with E-state index in [1.165, 1.54) is 0 Å². The zero-order valence-corrected chi connectivity index (χ0v) is 16.5. The Morgan fingerprint density at radius 3 is 2.96 bits per heavy atom. The van der Waals surface area contributed by atoms with Crippen LogP contribution in [0.15, 0.2) is 40.8 Å². The summed E-state index contributed by atoms with van der Waals surface area (Å²) in [4.78, 5) is 6.90. The average molecular weight is 399 g/mol. The van der Waals surface area contributed by atoms with Gasteiger partial charge in [-0.15, -0.1) is 11.3 Å². The van der Waals surface area contributed by atoms with Gasteiger partial charge in [0, 0.05) is 35.5 Å². The summed E-state index contributed by atoms with van der Waals surface area (Å²) in [6.45, 7) is 1.67. The van der Waals surface area contributed by atoms with Crippen molar-refractivity contribution < 1.29 is 9.52 Å². The highest BCUT2D eigenvalue weighted by molar-refractivity contribution is 7.18. The number of likely N-dealkylation sites (N-methyl/N-ethyl adjacent to an activating group) is 1. The number of nitrogens with zero attached hydrogens (tertiary/aromatic N) is 2. The lowest BCUT2D eigenvalue weighted by Crippen LogP contribution is -2.19. The van der Waals surface area contributed by atoms with E-state index in [9.17, 15) is 5.11 Å². The number of halogens is 1. The molecule has 0 aliphatic carbocycles. The van der Waals surface area contributed by atoms with Gasteiger partial charge < -0.3 is 14.4 Å². The first-order chi connectivity index (χ1) is 13.1. The fourth-order valence-electron chi connectivity index (χ4n) is 3.91. The fourth-order valence-corrected chi connectivity index (χ4v) is 5.16. The van der Waals surface area contributed by atoms with E-state index in [-0.39, 0.29) is 0 Å². The number of hydrogen-bond acceptors (Lipinski definition) is 5. The number of furan rings is 1. The van der Waals surface area contributed by atoms with Gasteiger partial charge in [-0.3, -0.25) is 0 Å². The van der Waals surface area contributed by atoms with E-state index in [4.69, 9.17) is 16.0 Å². The van der Waals surface area contributed by atoms with Crippen molar-refractivity contribution in [3.8, 4) is 0 Å². The van der Waals surface area contributed by atoms with Gasteiger partial charge in [-0.25, -0.2) is 4.98 Å². The second-order valence-electron chi connectivity index (χ2n) is 7.13. The second-order valence-corrected chi connectivity index (χ2v) is 8.65. The minimum Gasteiger partial charge on any atom is -0.458 e. The molecule has 4 nitrogen and oxygen atoms in total. The standard InChI is InChI=1S/C21H19ClN2O2S/c1-24-9-8-12-14(22)6-7-17-20(12)13(11-24)21(26-17)16(25)10-19-23-15-4-2-3-5-18(15)27-19/h2-7,16,25H,8-11H2,1H3. The van der Waals surface area contributed by atoms with Gasteiger partial charge in [0.05, 0.1) is 15.2 Å². The first-order valence-corrected chi connectivity index (χ1v) is 10.2. The third-order valence-corrected chi connectivity index (χ3v) is 6.63. The molecular formula is C21H19ClN2O2S. The van der Waals surface area contributed by atoms with Crippen LogP contribution in [0.5, 0.6) is 0 Å². The molecule has 0 radical (unpaired) electrons. The lowest BCUT2D eigenvalue weighted by atomic mass is 10.0. The maximum Gasteiger partial charge on any atom is 0.138 e. The summed E-state index contributed by atoms with van der Waals surface area (Å²) in [5.41, 5.74) is 3.95. The largest absolute Gasteiger partial charge is 0.458 e. The summed E-state index contributed by atoms with van der Waals surface area (Å²) in [6, 6.07) is 11.8. The lowest BCUT2D eigenvalue weighted by molar-refractivity contribution is 0.149. The zero-order chi connectivity index (χ0) is 18.5. The van der Waals surface area contributed by atoms with E-state index in [1.807, 2.05) is 30.3 Å². The van der Waals surface area contributed by atoms with Gasteiger partial charge in [0.15, 0.2) is 0 Å². The van der Waals surface area contributed by atoms with E-state index in [0.717, 1.165) is 61.9 Å². The quantitative estimate of drug-likeness (QED) is 0.530. The number of hydrogen-bond donors (Lipinski definition) is 1. The van der Waals surface area contributed by atoms with Crippen LogP contribution in [0.3, 0.4) is 0 Å². The number of benzene rings is 2. The van der Waals surface area contributed by atoms with Gasteiger partial charge in [0.2, 0.25) is 0 Å². The van der Waals surface area contributed by atoms with Crippen LogP contribution in [0.25, 0.3) is 21.2 Å². The van der Waals surface area contributed by atoms with Crippen molar-refractivity contribution in [2.75, 3.05) is 13.6 Å². The Balaban J connectivity index is 1.57. The van der Waals surface area contributed by atoms with Gasteiger partial charge in [0.25, 0.3) is 0 Å². The minimum atomic E-state index is -0.730. The number of para-hydroxylation sites is 1.